The van der Waals surface area contributed by atoms with Crippen molar-refractivity contribution in [2.75, 3.05) is 13.1 Å². The van der Waals surface area contributed by atoms with Crippen LogP contribution in [0, 0.1) is 5.92 Å². The van der Waals surface area contributed by atoms with Crippen molar-refractivity contribution in [1.29, 1.82) is 0 Å². The molecule has 19 heavy (non-hydrogen) atoms. The maximum Gasteiger partial charge on any atom is 0.397 e. The highest BCUT2D eigenvalue weighted by Crippen LogP contribution is 2.29. The van der Waals surface area contributed by atoms with Crippen LogP contribution in [0.3, 0.4) is 0 Å². The molecule has 0 N–H and O–H groups in total. The smallest absolute Gasteiger partial charge is 0.349 e. The standard InChI is InChI=1S/C13H17F3N2O/c1-10-4-7-18(12(19)8-13(14,15)16)9-11(10)17-5-2-3-6-17/h2-3,5-6,10-11H,4,7-9H2,1H3/t10-,11+/m1/s1. The molecule has 2 atom stereocenters. The molecule has 1 aliphatic rings. The van der Waals surface area contributed by atoms with E-state index in [0.29, 0.717) is 19.0 Å². The molecule has 0 spiro atoms. The topological polar surface area (TPSA) is 25.2 Å². The third kappa shape index (κ3) is 3.52. The minimum Gasteiger partial charge on any atom is -0.349 e. The summed E-state index contributed by atoms with van der Waals surface area (Å²) in [5.74, 6) is -0.473. The average molecular weight is 274 g/mol. The third-order valence-corrected chi connectivity index (χ3v) is 3.63. The second-order valence-electron chi connectivity index (χ2n) is 5.10. The van der Waals surface area contributed by atoms with Crippen LogP contribution in [0.25, 0.3) is 0 Å². The monoisotopic (exact) mass is 274 g/mol. The normalized spacial score (nSPS) is 24.5. The van der Waals surface area contributed by atoms with E-state index in [1.165, 1.54) is 4.90 Å². The molecule has 1 amide bonds. The Bertz CT molecular complexity index is 428. The van der Waals surface area contributed by atoms with Gasteiger partial charge >= 0.3 is 6.18 Å². The molecular weight excluding hydrogens is 257 g/mol. The number of nitrogens with zero attached hydrogens (tertiary/aromatic N) is 2. The lowest BCUT2D eigenvalue weighted by Crippen LogP contribution is -2.44. The summed E-state index contributed by atoms with van der Waals surface area (Å²) >= 11 is 0. The zero-order valence-electron chi connectivity index (χ0n) is 10.7. The minimum absolute atomic E-state index is 0.0564. The first-order valence-electron chi connectivity index (χ1n) is 6.34. The molecule has 106 valence electrons. The molecular formula is C13H17F3N2O. The van der Waals surface area contributed by atoms with Crippen molar-refractivity contribution in [3.8, 4) is 0 Å². The Labute approximate surface area is 110 Å². The quantitative estimate of drug-likeness (QED) is 0.814. The lowest BCUT2D eigenvalue weighted by molar-refractivity contribution is -0.162. The molecule has 1 aromatic heterocycles. The molecule has 6 heteroatoms. The van der Waals surface area contributed by atoms with Crippen molar-refractivity contribution >= 4 is 5.91 Å². The molecule has 0 unspecified atom stereocenters. The zero-order chi connectivity index (χ0) is 14.0. The van der Waals surface area contributed by atoms with Gasteiger partial charge in [0.05, 0.1) is 6.04 Å². The van der Waals surface area contributed by atoms with Gasteiger partial charge in [-0.15, -0.1) is 0 Å². The number of carbonyl (C=O) groups excluding carboxylic acids is 1. The number of carbonyl (C=O) groups is 1. The van der Waals surface area contributed by atoms with Gasteiger partial charge in [-0.25, -0.2) is 0 Å². The molecule has 1 aliphatic heterocycles. The second kappa shape index (κ2) is 5.27. The first kappa shape index (κ1) is 14.0. The van der Waals surface area contributed by atoms with E-state index in [-0.39, 0.29) is 6.04 Å². The van der Waals surface area contributed by atoms with Gasteiger partial charge in [0.15, 0.2) is 0 Å². The number of hydrogen-bond donors (Lipinski definition) is 0. The van der Waals surface area contributed by atoms with Gasteiger partial charge in [-0.3, -0.25) is 4.79 Å². The molecule has 2 rings (SSSR count). The fourth-order valence-electron chi connectivity index (χ4n) is 2.52. The fourth-order valence-corrected chi connectivity index (χ4v) is 2.52. The van der Waals surface area contributed by atoms with E-state index in [1.807, 2.05) is 29.1 Å². The SMILES string of the molecule is C[C@@H]1CCN(C(=O)CC(F)(F)F)C[C@@H]1n1cccc1. The fraction of sp³-hybridized carbons (Fsp3) is 0.615. The Kier molecular flexibility index (Phi) is 3.87. The predicted molar refractivity (Wildman–Crippen MR) is 64.5 cm³/mol. The Hall–Kier alpha value is -1.46. The van der Waals surface area contributed by atoms with Crippen LogP contribution in [0.2, 0.25) is 0 Å². The van der Waals surface area contributed by atoms with Gasteiger partial charge in [0.2, 0.25) is 5.91 Å². The van der Waals surface area contributed by atoms with Crippen LogP contribution in [0.1, 0.15) is 25.8 Å². The van der Waals surface area contributed by atoms with Gasteiger partial charge in [0.1, 0.15) is 6.42 Å². The van der Waals surface area contributed by atoms with E-state index in [4.69, 9.17) is 0 Å². The number of alkyl halides is 3. The minimum atomic E-state index is -4.43. The Morgan fingerprint density at radius 1 is 1.32 bits per heavy atom. The molecule has 1 fully saturated rings. The van der Waals surface area contributed by atoms with Crippen molar-refractivity contribution in [2.45, 2.75) is 32.0 Å². The number of amides is 1. The van der Waals surface area contributed by atoms with Crippen LogP contribution >= 0.6 is 0 Å². The largest absolute Gasteiger partial charge is 0.397 e. The lowest BCUT2D eigenvalue weighted by atomic mass is 9.93. The lowest BCUT2D eigenvalue weighted by Gasteiger charge is -2.38. The summed E-state index contributed by atoms with van der Waals surface area (Å²) in [6.45, 7) is 2.83. The number of likely N-dealkylation sites (tertiary alicyclic amines) is 1. The van der Waals surface area contributed by atoms with E-state index >= 15 is 0 Å². The molecule has 0 bridgehead atoms. The number of aromatic nitrogens is 1. The number of rotatable bonds is 2. The van der Waals surface area contributed by atoms with Gasteiger partial charge in [-0.1, -0.05) is 6.92 Å². The first-order valence-corrected chi connectivity index (χ1v) is 6.34. The van der Waals surface area contributed by atoms with Gasteiger partial charge in [-0.05, 0) is 24.5 Å². The first-order chi connectivity index (χ1) is 8.87. The summed E-state index contributed by atoms with van der Waals surface area (Å²) in [6, 6.07) is 3.81. The Morgan fingerprint density at radius 3 is 2.53 bits per heavy atom. The average Bonchev–Trinajstić information content (AvgIpc) is 2.80. The summed E-state index contributed by atoms with van der Waals surface area (Å²) in [5, 5.41) is 0. The number of piperidine rings is 1. The van der Waals surface area contributed by atoms with Crippen molar-refractivity contribution < 1.29 is 18.0 Å². The van der Waals surface area contributed by atoms with Crippen LogP contribution in [0.4, 0.5) is 13.2 Å². The molecule has 2 heterocycles. The maximum absolute atomic E-state index is 12.3. The Balaban J connectivity index is 2.03. The van der Waals surface area contributed by atoms with Crippen LogP contribution < -0.4 is 0 Å². The maximum atomic E-state index is 12.3. The van der Waals surface area contributed by atoms with Crippen molar-refractivity contribution in [1.82, 2.24) is 9.47 Å². The van der Waals surface area contributed by atoms with Gasteiger partial charge < -0.3 is 9.47 Å². The second-order valence-corrected chi connectivity index (χ2v) is 5.10. The summed E-state index contributed by atoms with van der Waals surface area (Å²) in [5.41, 5.74) is 0. The Morgan fingerprint density at radius 2 is 1.95 bits per heavy atom. The molecule has 3 nitrogen and oxygen atoms in total. The molecule has 1 aromatic rings. The van der Waals surface area contributed by atoms with E-state index in [0.717, 1.165) is 6.42 Å². The molecule has 0 radical (unpaired) electrons. The van der Waals surface area contributed by atoms with E-state index < -0.39 is 18.5 Å². The highest BCUT2D eigenvalue weighted by Gasteiger charge is 2.36. The van der Waals surface area contributed by atoms with Gasteiger partial charge in [0, 0.05) is 25.5 Å². The predicted octanol–water partition coefficient (Wildman–Crippen LogP) is 2.85. The summed E-state index contributed by atoms with van der Waals surface area (Å²) < 4.78 is 38.7. The van der Waals surface area contributed by atoms with Crippen molar-refractivity contribution in [2.24, 2.45) is 5.92 Å². The summed E-state index contributed by atoms with van der Waals surface area (Å²) in [6.07, 6.45) is -1.28. The van der Waals surface area contributed by atoms with Gasteiger partial charge in [-0.2, -0.15) is 13.2 Å². The summed E-state index contributed by atoms with van der Waals surface area (Å²) in [7, 11) is 0. The summed E-state index contributed by atoms with van der Waals surface area (Å²) in [4.78, 5) is 13.0. The molecule has 0 aromatic carbocycles. The van der Waals surface area contributed by atoms with Crippen LogP contribution in [-0.2, 0) is 4.79 Å². The van der Waals surface area contributed by atoms with Crippen molar-refractivity contribution in [3.63, 3.8) is 0 Å². The highest BCUT2D eigenvalue weighted by molar-refractivity contribution is 5.77. The number of hydrogen-bond acceptors (Lipinski definition) is 1. The van der Waals surface area contributed by atoms with Crippen LogP contribution in [0.15, 0.2) is 24.5 Å². The van der Waals surface area contributed by atoms with E-state index in [2.05, 4.69) is 6.92 Å². The third-order valence-electron chi connectivity index (χ3n) is 3.63. The molecule has 0 saturated carbocycles. The molecule has 1 saturated heterocycles. The highest BCUT2D eigenvalue weighted by atomic mass is 19.4. The van der Waals surface area contributed by atoms with Crippen LogP contribution in [-0.4, -0.2) is 34.6 Å². The van der Waals surface area contributed by atoms with Crippen LogP contribution in [0.5, 0.6) is 0 Å². The van der Waals surface area contributed by atoms with Gasteiger partial charge in [0.25, 0.3) is 0 Å². The van der Waals surface area contributed by atoms with Crippen molar-refractivity contribution in [3.05, 3.63) is 24.5 Å². The van der Waals surface area contributed by atoms with E-state index in [1.54, 1.807) is 0 Å². The zero-order valence-corrected chi connectivity index (χ0v) is 10.7. The number of halogens is 3. The van der Waals surface area contributed by atoms with E-state index in [9.17, 15) is 18.0 Å². The molecule has 0 aliphatic carbocycles.